The van der Waals surface area contributed by atoms with Crippen molar-refractivity contribution in [3.05, 3.63) is 12.4 Å². The molecule has 2 nitrogen and oxygen atoms in total. The summed E-state index contributed by atoms with van der Waals surface area (Å²) in [5.74, 6) is 0. The molecule has 0 aromatic carbocycles. The molecule has 0 aromatic heterocycles. The molecule has 0 saturated heterocycles. The van der Waals surface area contributed by atoms with E-state index in [4.69, 9.17) is 0 Å². The van der Waals surface area contributed by atoms with Gasteiger partial charge in [0.25, 0.3) is 0 Å². The third-order valence-electron chi connectivity index (χ3n) is 11.3. The molecule has 0 spiro atoms. The smallest absolute Gasteiger partial charge is 0.101 e. The van der Waals surface area contributed by atoms with Gasteiger partial charge in [-0.25, -0.2) is 0 Å². The molecule has 0 aliphatic carbocycles. The first-order valence-corrected chi connectivity index (χ1v) is 23.0. The maximum absolute atomic E-state index is 2.73. The van der Waals surface area contributed by atoms with Crippen molar-refractivity contribution < 1.29 is 0 Å². The van der Waals surface area contributed by atoms with Crippen LogP contribution in [0.2, 0.25) is 0 Å². The second kappa shape index (κ2) is 37.6. The van der Waals surface area contributed by atoms with Crippen LogP contribution in [0.4, 0.5) is 0 Å². The topological polar surface area (TPSA) is 6.48 Å². The van der Waals surface area contributed by atoms with Crippen LogP contribution in [0.5, 0.6) is 0 Å². The highest BCUT2D eigenvalue weighted by molar-refractivity contribution is 4.97. The molecule has 1 heterocycles. The van der Waals surface area contributed by atoms with Gasteiger partial charge in [-0.1, -0.05) is 239 Å². The minimum absolute atomic E-state index is 0.637. The molecule has 286 valence electrons. The molecule has 1 aliphatic heterocycles. The molecule has 2 heteroatoms. The number of hydrogen-bond acceptors (Lipinski definition) is 2. The number of nitrogens with zero attached hydrogens (tertiary/aromatic N) is 2. The SMILES string of the molecule is CCCCCCCCCCCCCCCCCC1N(CCCCCCCCCC)C=CN1CCCCCCCCCCCCCCCC. The van der Waals surface area contributed by atoms with E-state index in [2.05, 4.69) is 43.0 Å². The predicted octanol–water partition coefficient (Wildman–Crippen LogP) is 16.3. The standard InChI is InChI=1S/C46H92N2/c1-4-7-10-13-16-19-21-23-25-26-28-30-32-35-38-41-46-47(42-39-36-33-18-15-12-9-6-3)44-45-48(46)43-40-37-34-31-29-27-24-22-20-17-14-11-8-5-2/h44-46H,4-43H2,1-3H3. The van der Waals surface area contributed by atoms with Gasteiger partial charge in [-0.15, -0.1) is 0 Å². The molecule has 0 saturated carbocycles. The Hall–Kier alpha value is -0.660. The molecule has 1 unspecified atom stereocenters. The van der Waals surface area contributed by atoms with Crippen LogP contribution in [0.1, 0.15) is 265 Å². The van der Waals surface area contributed by atoms with Gasteiger partial charge in [0.15, 0.2) is 0 Å². The van der Waals surface area contributed by atoms with Crippen LogP contribution in [0.3, 0.4) is 0 Å². The molecule has 1 rings (SSSR count). The number of hydrogen-bond donors (Lipinski definition) is 0. The zero-order valence-electron chi connectivity index (χ0n) is 33.9. The zero-order chi connectivity index (χ0) is 34.4. The first-order chi connectivity index (χ1) is 23.8. The lowest BCUT2D eigenvalue weighted by molar-refractivity contribution is 0.135. The summed E-state index contributed by atoms with van der Waals surface area (Å²) in [7, 11) is 0. The summed E-state index contributed by atoms with van der Waals surface area (Å²) in [6, 6.07) is 0. The van der Waals surface area contributed by atoms with Gasteiger partial charge >= 0.3 is 0 Å². The van der Waals surface area contributed by atoms with Gasteiger partial charge in [-0.2, -0.15) is 0 Å². The lowest BCUT2D eigenvalue weighted by atomic mass is 10.0. The summed E-state index contributed by atoms with van der Waals surface area (Å²) in [6.45, 7) is 9.49. The molecule has 1 aliphatic rings. The van der Waals surface area contributed by atoms with Gasteiger partial charge in [-0.05, 0) is 25.7 Å². The van der Waals surface area contributed by atoms with E-state index in [0.29, 0.717) is 6.17 Å². The lowest BCUT2D eigenvalue weighted by Crippen LogP contribution is -2.39. The monoisotopic (exact) mass is 673 g/mol. The second-order valence-corrected chi connectivity index (χ2v) is 16.1. The van der Waals surface area contributed by atoms with Crippen molar-refractivity contribution in [3.63, 3.8) is 0 Å². The van der Waals surface area contributed by atoms with Crippen molar-refractivity contribution in [2.45, 2.75) is 271 Å². The van der Waals surface area contributed by atoms with Crippen LogP contribution < -0.4 is 0 Å². The third-order valence-corrected chi connectivity index (χ3v) is 11.3. The Balaban J connectivity index is 2.17. The fourth-order valence-corrected chi connectivity index (χ4v) is 7.95. The summed E-state index contributed by atoms with van der Waals surface area (Å²) >= 11 is 0. The maximum Gasteiger partial charge on any atom is 0.101 e. The van der Waals surface area contributed by atoms with Crippen LogP contribution in [0.15, 0.2) is 12.4 Å². The Morgan fingerprint density at radius 3 is 0.729 bits per heavy atom. The van der Waals surface area contributed by atoms with Crippen LogP contribution in [-0.4, -0.2) is 29.1 Å². The Bertz CT molecular complexity index is 630. The van der Waals surface area contributed by atoms with E-state index < -0.39 is 0 Å². The lowest BCUT2D eigenvalue weighted by Gasteiger charge is -2.33. The summed E-state index contributed by atoms with van der Waals surface area (Å²) < 4.78 is 0. The van der Waals surface area contributed by atoms with Crippen LogP contribution >= 0.6 is 0 Å². The normalized spacial score (nSPS) is 14.6. The quantitative estimate of drug-likeness (QED) is 0.0598. The van der Waals surface area contributed by atoms with E-state index in [1.54, 1.807) is 0 Å². The summed E-state index contributed by atoms with van der Waals surface area (Å²) in [4.78, 5) is 5.46. The van der Waals surface area contributed by atoms with Crippen molar-refractivity contribution in [1.82, 2.24) is 9.80 Å². The fourth-order valence-electron chi connectivity index (χ4n) is 7.95. The van der Waals surface area contributed by atoms with Crippen molar-refractivity contribution in [1.29, 1.82) is 0 Å². The van der Waals surface area contributed by atoms with Crippen LogP contribution in [0, 0.1) is 0 Å². The van der Waals surface area contributed by atoms with Gasteiger partial charge < -0.3 is 9.80 Å². The zero-order valence-corrected chi connectivity index (χ0v) is 33.9. The van der Waals surface area contributed by atoms with E-state index >= 15 is 0 Å². The minimum atomic E-state index is 0.637. The average Bonchev–Trinajstić information content (AvgIpc) is 3.48. The van der Waals surface area contributed by atoms with E-state index in [-0.39, 0.29) is 0 Å². The van der Waals surface area contributed by atoms with Gasteiger partial charge in [0.1, 0.15) is 6.17 Å². The Kier molecular flexibility index (Phi) is 35.5. The molecule has 48 heavy (non-hydrogen) atoms. The second-order valence-electron chi connectivity index (χ2n) is 16.1. The average molecular weight is 673 g/mol. The maximum atomic E-state index is 2.73. The molecular formula is C46H92N2. The van der Waals surface area contributed by atoms with Gasteiger partial charge in [0, 0.05) is 25.5 Å². The first kappa shape index (κ1) is 45.4. The fraction of sp³-hybridized carbons (Fsp3) is 0.957. The summed E-state index contributed by atoms with van der Waals surface area (Å²) in [5, 5.41) is 0. The molecule has 0 aromatic rings. The summed E-state index contributed by atoms with van der Waals surface area (Å²) in [6.07, 6.45) is 60.4. The van der Waals surface area contributed by atoms with E-state index in [0.717, 1.165) is 0 Å². The number of unbranched alkanes of at least 4 members (excludes halogenated alkanes) is 34. The Labute approximate surface area is 305 Å². The molecule has 0 radical (unpaired) electrons. The van der Waals surface area contributed by atoms with Gasteiger partial charge in [0.05, 0.1) is 0 Å². The first-order valence-electron chi connectivity index (χ1n) is 23.0. The van der Waals surface area contributed by atoms with Crippen molar-refractivity contribution in [2.75, 3.05) is 13.1 Å². The molecule has 0 fully saturated rings. The van der Waals surface area contributed by atoms with E-state index in [9.17, 15) is 0 Å². The minimum Gasteiger partial charge on any atom is -0.356 e. The molecule has 0 amide bonds. The van der Waals surface area contributed by atoms with Crippen molar-refractivity contribution in [2.24, 2.45) is 0 Å². The molecular weight excluding hydrogens is 581 g/mol. The Morgan fingerprint density at radius 2 is 0.479 bits per heavy atom. The van der Waals surface area contributed by atoms with E-state index in [1.807, 2.05) is 0 Å². The third kappa shape index (κ3) is 29.1. The highest BCUT2D eigenvalue weighted by atomic mass is 15.4. The van der Waals surface area contributed by atoms with E-state index in [1.165, 1.54) is 257 Å². The van der Waals surface area contributed by atoms with Crippen LogP contribution in [-0.2, 0) is 0 Å². The molecule has 0 bridgehead atoms. The molecule has 1 atom stereocenters. The number of rotatable bonds is 40. The van der Waals surface area contributed by atoms with Crippen LogP contribution in [0.25, 0.3) is 0 Å². The van der Waals surface area contributed by atoms with Crippen molar-refractivity contribution >= 4 is 0 Å². The highest BCUT2D eigenvalue weighted by Crippen LogP contribution is 2.24. The Morgan fingerprint density at radius 1 is 0.271 bits per heavy atom. The highest BCUT2D eigenvalue weighted by Gasteiger charge is 2.24. The predicted molar refractivity (Wildman–Crippen MR) is 219 cm³/mol. The molecule has 0 N–H and O–H groups in total. The summed E-state index contributed by atoms with van der Waals surface area (Å²) in [5.41, 5.74) is 0. The van der Waals surface area contributed by atoms with Gasteiger partial charge in [0.2, 0.25) is 0 Å². The van der Waals surface area contributed by atoms with Crippen molar-refractivity contribution in [3.8, 4) is 0 Å². The largest absolute Gasteiger partial charge is 0.356 e. The van der Waals surface area contributed by atoms with Gasteiger partial charge in [-0.3, -0.25) is 0 Å².